The van der Waals surface area contributed by atoms with Crippen molar-refractivity contribution in [1.29, 1.82) is 5.26 Å². The Morgan fingerprint density at radius 3 is 3.04 bits per heavy atom. The third-order valence-corrected chi connectivity index (χ3v) is 3.90. The Hall–Kier alpha value is -3.63. The number of nitrogens with zero attached hydrogens (tertiary/aromatic N) is 2. The molecule has 0 saturated carbocycles. The fourth-order valence-electron chi connectivity index (χ4n) is 2.69. The fraction of sp³-hybridized carbons (Fsp3) is 0.150. The van der Waals surface area contributed by atoms with Gasteiger partial charge in [0.2, 0.25) is 0 Å². The molecule has 1 amide bonds. The van der Waals surface area contributed by atoms with E-state index in [1.54, 1.807) is 31.5 Å². The van der Waals surface area contributed by atoms with Crippen LogP contribution in [0, 0.1) is 11.3 Å². The maximum absolute atomic E-state index is 12.4. The summed E-state index contributed by atoms with van der Waals surface area (Å²) in [5.41, 5.74) is 3.04. The zero-order valence-electron chi connectivity index (χ0n) is 14.7. The van der Waals surface area contributed by atoms with Crippen LogP contribution in [0.1, 0.15) is 18.1 Å². The minimum atomic E-state index is -0.673. The van der Waals surface area contributed by atoms with Gasteiger partial charge in [-0.2, -0.15) is 5.26 Å². The molecule has 136 valence electrons. The summed E-state index contributed by atoms with van der Waals surface area (Å²) in [4.78, 5) is 19.6. The summed E-state index contributed by atoms with van der Waals surface area (Å²) in [5.74, 6) is -0.454. The Labute approximate surface area is 156 Å². The number of pyridine rings is 1. The van der Waals surface area contributed by atoms with E-state index in [0.29, 0.717) is 5.65 Å². The molecule has 4 N–H and O–H groups in total. The molecule has 0 saturated heterocycles. The van der Waals surface area contributed by atoms with Crippen LogP contribution >= 0.6 is 0 Å². The third kappa shape index (κ3) is 4.51. The van der Waals surface area contributed by atoms with Crippen molar-refractivity contribution in [3.05, 3.63) is 65.5 Å². The number of fused-ring (bicyclic) bond motifs is 1. The van der Waals surface area contributed by atoms with Gasteiger partial charge in [-0.1, -0.05) is 12.1 Å². The van der Waals surface area contributed by atoms with Crippen molar-refractivity contribution in [2.24, 2.45) is 0 Å². The molecule has 3 rings (SSSR count). The first-order chi connectivity index (χ1) is 13.1. The van der Waals surface area contributed by atoms with Crippen LogP contribution in [0.3, 0.4) is 0 Å². The van der Waals surface area contributed by atoms with Crippen LogP contribution in [0.15, 0.2) is 54.4 Å². The van der Waals surface area contributed by atoms with Crippen LogP contribution in [0.4, 0.5) is 5.69 Å². The number of hydrogen-bond donors (Lipinski definition) is 4. The van der Waals surface area contributed by atoms with E-state index in [1.807, 2.05) is 36.4 Å². The van der Waals surface area contributed by atoms with E-state index in [2.05, 4.69) is 20.6 Å². The highest BCUT2D eigenvalue weighted by Crippen LogP contribution is 2.18. The van der Waals surface area contributed by atoms with Crippen molar-refractivity contribution in [1.82, 2.24) is 15.3 Å². The highest BCUT2D eigenvalue weighted by Gasteiger charge is 2.11. The van der Waals surface area contributed by atoms with Crippen molar-refractivity contribution in [2.75, 3.05) is 5.32 Å². The molecule has 0 aliphatic rings. The van der Waals surface area contributed by atoms with Gasteiger partial charge in [-0.25, -0.2) is 4.98 Å². The van der Waals surface area contributed by atoms with Gasteiger partial charge in [0.25, 0.3) is 5.91 Å². The topological polar surface area (TPSA) is 114 Å². The predicted octanol–water partition coefficient (Wildman–Crippen LogP) is 2.54. The normalized spacial score (nSPS) is 12.4. The summed E-state index contributed by atoms with van der Waals surface area (Å²) in [6.45, 7) is 1.89. The van der Waals surface area contributed by atoms with E-state index >= 15 is 0 Å². The first kappa shape index (κ1) is 18.2. The summed E-state index contributed by atoms with van der Waals surface area (Å²) in [7, 11) is 0. The molecule has 7 heteroatoms. The van der Waals surface area contributed by atoms with Crippen LogP contribution < -0.4 is 10.6 Å². The zero-order valence-corrected chi connectivity index (χ0v) is 14.7. The zero-order chi connectivity index (χ0) is 19.2. The van der Waals surface area contributed by atoms with Gasteiger partial charge >= 0.3 is 0 Å². The lowest BCUT2D eigenvalue weighted by atomic mass is 10.1. The second-order valence-corrected chi connectivity index (χ2v) is 6.02. The molecule has 0 radical (unpaired) electrons. The first-order valence-electron chi connectivity index (χ1n) is 8.42. The molecule has 1 aromatic carbocycles. The molecule has 0 aliphatic heterocycles. The molecule has 0 bridgehead atoms. The Morgan fingerprint density at radius 1 is 1.41 bits per heavy atom. The fourth-order valence-corrected chi connectivity index (χ4v) is 2.69. The first-order valence-corrected chi connectivity index (χ1v) is 8.42. The van der Waals surface area contributed by atoms with Crippen molar-refractivity contribution < 1.29 is 9.90 Å². The van der Waals surface area contributed by atoms with Gasteiger partial charge in [-0.15, -0.1) is 0 Å². The molecule has 3 aromatic rings. The van der Waals surface area contributed by atoms with E-state index in [1.165, 1.54) is 0 Å². The minimum absolute atomic E-state index is 0.0120. The summed E-state index contributed by atoms with van der Waals surface area (Å²) in [6, 6.07) is 13.0. The van der Waals surface area contributed by atoms with E-state index in [4.69, 9.17) is 0 Å². The average molecular weight is 361 g/mol. The Morgan fingerprint density at radius 2 is 2.26 bits per heavy atom. The summed E-state index contributed by atoms with van der Waals surface area (Å²) >= 11 is 0. The molecule has 2 heterocycles. The second-order valence-electron chi connectivity index (χ2n) is 6.02. The smallest absolute Gasteiger partial charge is 0.262 e. The van der Waals surface area contributed by atoms with Gasteiger partial charge in [0.15, 0.2) is 0 Å². The van der Waals surface area contributed by atoms with Crippen LogP contribution in [-0.2, 0) is 11.3 Å². The molecule has 7 nitrogen and oxygen atoms in total. The van der Waals surface area contributed by atoms with Crippen molar-refractivity contribution >= 4 is 28.7 Å². The predicted molar refractivity (Wildman–Crippen MR) is 103 cm³/mol. The van der Waals surface area contributed by atoms with Gasteiger partial charge < -0.3 is 20.7 Å². The van der Waals surface area contributed by atoms with Crippen LogP contribution in [0.2, 0.25) is 0 Å². The van der Waals surface area contributed by atoms with Crippen molar-refractivity contribution in [2.45, 2.75) is 19.7 Å². The van der Waals surface area contributed by atoms with Crippen LogP contribution in [0.25, 0.3) is 17.1 Å². The molecule has 0 fully saturated rings. The quantitative estimate of drug-likeness (QED) is 0.306. The highest BCUT2D eigenvalue weighted by atomic mass is 16.3. The Balaban J connectivity index is 1.72. The number of nitriles is 1. The summed E-state index contributed by atoms with van der Waals surface area (Å²) in [5, 5.41) is 25.2. The number of rotatable bonds is 6. The number of carbonyl (C=O) groups excluding carboxylic acids is 1. The molecule has 0 aliphatic carbocycles. The van der Waals surface area contributed by atoms with Crippen LogP contribution in [-0.4, -0.2) is 27.2 Å². The van der Waals surface area contributed by atoms with Crippen molar-refractivity contribution in [3.63, 3.8) is 0 Å². The lowest BCUT2D eigenvalue weighted by molar-refractivity contribution is -0.117. The molecule has 27 heavy (non-hydrogen) atoms. The third-order valence-electron chi connectivity index (χ3n) is 3.90. The number of aromatic amines is 1. The number of nitrogens with one attached hydrogen (secondary N) is 3. The Kier molecular flexibility index (Phi) is 5.50. The SMILES string of the molecule is CC(O)Nc1cccc(CNC(=O)/C(C#N)=C/c2c[nH]c3ncccc23)c1. The number of H-pyrrole nitrogens is 1. The molecule has 1 unspecified atom stereocenters. The lowest BCUT2D eigenvalue weighted by Crippen LogP contribution is -2.24. The van der Waals surface area contributed by atoms with Gasteiger partial charge in [-0.3, -0.25) is 4.79 Å². The molecule has 0 spiro atoms. The van der Waals surface area contributed by atoms with Gasteiger partial charge in [0.05, 0.1) is 0 Å². The van der Waals surface area contributed by atoms with Crippen LogP contribution in [0.5, 0.6) is 0 Å². The highest BCUT2D eigenvalue weighted by molar-refractivity contribution is 6.03. The molecule has 2 aromatic heterocycles. The number of carbonyl (C=O) groups is 1. The van der Waals surface area contributed by atoms with Crippen molar-refractivity contribution in [3.8, 4) is 6.07 Å². The lowest BCUT2D eigenvalue weighted by Gasteiger charge is -2.11. The maximum Gasteiger partial charge on any atom is 0.262 e. The van der Waals surface area contributed by atoms with E-state index in [9.17, 15) is 15.2 Å². The number of aromatic nitrogens is 2. The molecular weight excluding hydrogens is 342 g/mol. The number of amides is 1. The number of hydrogen-bond acceptors (Lipinski definition) is 5. The molecule has 1 atom stereocenters. The average Bonchev–Trinajstić information content (AvgIpc) is 3.07. The standard InChI is InChI=1S/C20H19N5O2/c1-13(26)25-17-5-2-4-14(8-17)11-24-20(27)15(10-21)9-16-12-23-19-18(16)6-3-7-22-19/h2-9,12-13,25-26H,11H2,1H3,(H,22,23)(H,24,27)/b15-9+. The monoisotopic (exact) mass is 361 g/mol. The number of anilines is 1. The van der Waals surface area contributed by atoms with Gasteiger partial charge in [0.1, 0.15) is 23.5 Å². The number of aliphatic hydroxyl groups excluding tert-OH is 1. The summed E-state index contributed by atoms with van der Waals surface area (Å²) in [6.07, 6.45) is 4.26. The Bertz CT molecular complexity index is 1030. The summed E-state index contributed by atoms with van der Waals surface area (Å²) < 4.78 is 0. The van der Waals surface area contributed by atoms with E-state index < -0.39 is 12.1 Å². The number of aliphatic hydroxyl groups is 1. The van der Waals surface area contributed by atoms with Gasteiger partial charge in [0, 0.05) is 35.6 Å². The van der Waals surface area contributed by atoms with E-state index in [-0.39, 0.29) is 12.1 Å². The van der Waals surface area contributed by atoms with E-state index in [0.717, 1.165) is 22.2 Å². The largest absolute Gasteiger partial charge is 0.374 e. The minimum Gasteiger partial charge on any atom is -0.374 e. The second kappa shape index (κ2) is 8.17. The number of benzene rings is 1. The maximum atomic E-state index is 12.4. The molecular formula is C20H19N5O2. The van der Waals surface area contributed by atoms with Gasteiger partial charge in [-0.05, 0) is 42.8 Å².